The van der Waals surface area contributed by atoms with Crippen molar-refractivity contribution in [1.82, 2.24) is 0 Å². The minimum atomic E-state index is -0.208. The third-order valence-electron chi connectivity index (χ3n) is 3.01. The second-order valence-corrected chi connectivity index (χ2v) is 5.09. The Balaban J connectivity index is 2.40. The van der Waals surface area contributed by atoms with Gasteiger partial charge in [-0.15, -0.1) is 11.3 Å². The largest absolute Gasteiger partial charge is 0.320 e. The summed E-state index contributed by atoms with van der Waals surface area (Å²) in [6.07, 6.45) is 0.979. The van der Waals surface area contributed by atoms with Crippen molar-refractivity contribution in [3.8, 4) is 0 Å². The van der Waals surface area contributed by atoms with Gasteiger partial charge in [0.15, 0.2) is 0 Å². The lowest BCUT2D eigenvalue weighted by molar-refractivity contribution is 0.625. The van der Waals surface area contributed by atoms with E-state index in [9.17, 15) is 4.39 Å². The van der Waals surface area contributed by atoms with Crippen LogP contribution in [0.4, 0.5) is 4.39 Å². The van der Waals surface area contributed by atoms with Crippen LogP contribution in [0, 0.1) is 12.7 Å². The third-order valence-corrected chi connectivity index (χ3v) is 4.05. The first-order valence-electron chi connectivity index (χ1n) is 5.71. The van der Waals surface area contributed by atoms with E-state index >= 15 is 0 Å². The van der Waals surface area contributed by atoms with Crippen LogP contribution >= 0.6 is 11.3 Å². The van der Waals surface area contributed by atoms with Crippen LogP contribution in [-0.4, -0.2) is 0 Å². The molecule has 0 fully saturated rings. The van der Waals surface area contributed by atoms with Gasteiger partial charge in [0.2, 0.25) is 0 Å². The number of aryl methyl sites for hydroxylation is 2. The Labute approximate surface area is 105 Å². The normalized spacial score (nSPS) is 12.7. The molecule has 0 aliphatic carbocycles. The Morgan fingerprint density at radius 2 is 2.12 bits per heavy atom. The molecule has 0 aliphatic rings. The average Bonchev–Trinajstić information content (AvgIpc) is 2.76. The van der Waals surface area contributed by atoms with Gasteiger partial charge in [-0.2, -0.15) is 0 Å². The molecule has 1 heterocycles. The monoisotopic (exact) mass is 249 g/mol. The molecule has 1 unspecified atom stereocenters. The Hall–Kier alpha value is -1.19. The van der Waals surface area contributed by atoms with Crippen LogP contribution in [0.25, 0.3) is 0 Å². The molecule has 2 aromatic rings. The molecule has 90 valence electrons. The molecule has 2 N–H and O–H groups in total. The van der Waals surface area contributed by atoms with Gasteiger partial charge in [0.05, 0.1) is 6.04 Å². The number of thiophene rings is 1. The molecule has 0 spiro atoms. The minimum Gasteiger partial charge on any atom is -0.320 e. The summed E-state index contributed by atoms with van der Waals surface area (Å²) in [6.45, 7) is 4.02. The Morgan fingerprint density at radius 3 is 2.76 bits per heavy atom. The van der Waals surface area contributed by atoms with E-state index in [1.165, 1.54) is 22.6 Å². The average molecular weight is 249 g/mol. The zero-order valence-electron chi connectivity index (χ0n) is 10.0. The van der Waals surface area contributed by atoms with E-state index < -0.39 is 0 Å². The Morgan fingerprint density at radius 1 is 1.35 bits per heavy atom. The molecule has 1 nitrogen and oxygen atoms in total. The quantitative estimate of drug-likeness (QED) is 0.879. The topological polar surface area (TPSA) is 26.0 Å². The fourth-order valence-corrected chi connectivity index (χ4v) is 3.06. The van der Waals surface area contributed by atoms with Crippen LogP contribution in [-0.2, 0) is 6.42 Å². The number of benzene rings is 1. The van der Waals surface area contributed by atoms with Gasteiger partial charge in [-0.25, -0.2) is 4.39 Å². The summed E-state index contributed by atoms with van der Waals surface area (Å²) in [6, 6.07) is 6.76. The van der Waals surface area contributed by atoms with Crippen molar-refractivity contribution in [3.63, 3.8) is 0 Å². The van der Waals surface area contributed by atoms with Crippen molar-refractivity contribution in [2.75, 3.05) is 0 Å². The molecule has 1 aromatic heterocycles. The van der Waals surface area contributed by atoms with E-state index in [0.717, 1.165) is 17.5 Å². The molecule has 0 bridgehead atoms. The fraction of sp³-hybridized carbons (Fsp3) is 0.286. The summed E-state index contributed by atoms with van der Waals surface area (Å²) in [5.41, 5.74) is 9.47. The van der Waals surface area contributed by atoms with Gasteiger partial charge in [-0.1, -0.05) is 13.0 Å². The lowest BCUT2D eigenvalue weighted by Gasteiger charge is -2.15. The first-order valence-corrected chi connectivity index (χ1v) is 6.59. The van der Waals surface area contributed by atoms with Crippen LogP contribution in [0.15, 0.2) is 29.6 Å². The Bertz CT molecular complexity index is 519. The van der Waals surface area contributed by atoms with Crippen molar-refractivity contribution in [2.45, 2.75) is 26.3 Å². The molecule has 2 rings (SSSR count). The fourth-order valence-electron chi connectivity index (χ4n) is 2.04. The molecule has 0 amide bonds. The molecule has 0 aliphatic heterocycles. The number of hydrogen-bond donors (Lipinski definition) is 1. The van der Waals surface area contributed by atoms with Crippen molar-refractivity contribution < 1.29 is 4.39 Å². The lowest BCUT2D eigenvalue weighted by atomic mass is 9.98. The van der Waals surface area contributed by atoms with Gasteiger partial charge in [0.25, 0.3) is 0 Å². The number of nitrogens with two attached hydrogens (primary N) is 1. The van der Waals surface area contributed by atoms with Crippen molar-refractivity contribution in [1.29, 1.82) is 0 Å². The summed E-state index contributed by atoms with van der Waals surface area (Å²) in [5.74, 6) is -0.208. The highest BCUT2D eigenvalue weighted by Crippen LogP contribution is 2.30. The van der Waals surface area contributed by atoms with Crippen LogP contribution in [0.2, 0.25) is 0 Å². The second-order valence-electron chi connectivity index (χ2n) is 4.14. The highest BCUT2D eigenvalue weighted by molar-refractivity contribution is 7.10. The van der Waals surface area contributed by atoms with Crippen LogP contribution in [0.5, 0.6) is 0 Å². The molecule has 0 saturated heterocycles. The molecule has 0 saturated carbocycles. The molecular formula is C14H16FNS. The molecule has 17 heavy (non-hydrogen) atoms. The SMILES string of the molecule is CCc1ccsc1C(N)c1ccc(F)cc1C. The molecule has 1 atom stereocenters. The Kier molecular flexibility index (Phi) is 3.60. The van der Waals surface area contributed by atoms with E-state index in [1.54, 1.807) is 17.4 Å². The summed E-state index contributed by atoms with van der Waals surface area (Å²) in [7, 11) is 0. The number of halogens is 1. The predicted molar refractivity (Wildman–Crippen MR) is 70.9 cm³/mol. The van der Waals surface area contributed by atoms with Gasteiger partial charge >= 0.3 is 0 Å². The maximum atomic E-state index is 13.1. The zero-order chi connectivity index (χ0) is 12.4. The van der Waals surface area contributed by atoms with Crippen LogP contribution < -0.4 is 5.73 Å². The number of hydrogen-bond acceptors (Lipinski definition) is 2. The summed E-state index contributed by atoms with van der Waals surface area (Å²) < 4.78 is 13.1. The van der Waals surface area contributed by atoms with Crippen LogP contribution in [0.3, 0.4) is 0 Å². The maximum absolute atomic E-state index is 13.1. The highest BCUT2D eigenvalue weighted by atomic mass is 32.1. The molecule has 0 radical (unpaired) electrons. The summed E-state index contributed by atoms with van der Waals surface area (Å²) >= 11 is 1.67. The zero-order valence-corrected chi connectivity index (χ0v) is 10.9. The molecular weight excluding hydrogens is 233 g/mol. The van der Waals surface area contributed by atoms with Crippen molar-refractivity contribution in [2.24, 2.45) is 5.73 Å². The van der Waals surface area contributed by atoms with Gasteiger partial charge in [-0.05, 0) is 53.6 Å². The predicted octanol–water partition coefficient (Wildman–Crippen LogP) is 3.81. The first-order chi connectivity index (χ1) is 8.13. The number of rotatable bonds is 3. The van der Waals surface area contributed by atoms with E-state index in [2.05, 4.69) is 18.4 Å². The standard InChI is InChI=1S/C14H16FNS/c1-3-10-6-7-17-14(10)13(16)12-5-4-11(15)8-9(12)2/h4-8,13H,3,16H2,1-2H3. The third kappa shape index (κ3) is 2.40. The second kappa shape index (κ2) is 4.98. The first kappa shape index (κ1) is 12.3. The van der Waals surface area contributed by atoms with Gasteiger partial charge < -0.3 is 5.73 Å². The van der Waals surface area contributed by atoms with E-state index in [1.807, 2.05) is 6.92 Å². The summed E-state index contributed by atoms with van der Waals surface area (Å²) in [4.78, 5) is 1.18. The van der Waals surface area contributed by atoms with E-state index in [4.69, 9.17) is 5.73 Å². The van der Waals surface area contributed by atoms with Crippen molar-refractivity contribution >= 4 is 11.3 Å². The van der Waals surface area contributed by atoms with E-state index in [-0.39, 0.29) is 11.9 Å². The maximum Gasteiger partial charge on any atom is 0.123 e. The smallest absolute Gasteiger partial charge is 0.123 e. The van der Waals surface area contributed by atoms with Gasteiger partial charge in [0.1, 0.15) is 5.82 Å². The molecule has 1 aromatic carbocycles. The van der Waals surface area contributed by atoms with Crippen LogP contribution in [0.1, 0.15) is 34.5 Å². The van der Waals surface area contributed by atoms with E-state index in [0.29, 0.717) is 0 Å². The molecule has 3 heteroatoms. The summed E-state index contributed by atoms with van der Waals surface area (Å²) in [5, 5.41) is 2.06. The lowest BCUT2D eigenvalue weighted by Crippen LogP contribution is -2.13. The van der Waals surface area contributed by atoms with Crippen molar-refractivity contribution in [3.05, 3.63) is 57.0 Å². The van der Waals surface area contributed by atoms with Gasteiger partial charge in [0, 0.05) is 4.88 Å². The minimum absolute atomic E-state index is 0.148. The highest BCUT2D eigenvalue weighted by Gasteiger charge is 2.16. The van der Waals surface area contributed by atoms with Gasteiger partial charge in [-0.3, -0.25) is 0 Å².